The van der Waals surface area contributed by atoms with Crippen LogP contribution in [0.1, 0.15) is 27.2 Å². The Morgan fingerprint density at radius 1 is 0.974 bits per heavy atom. The standard InChI is InChI=1S/C30H24ClNO6/c1-18-25-11-6-22(21-4-7-23(31)8-5-21)15-27(25)38-28(18)29(33)32-26(30(34)35)14-19-2-9-24(10-3-19)37-17-20-12-13-36-16-20/h2-13,15-16,26H,14,17H2,1H3,(H,32,33)(H,34,35)/t26-/m0/s1. The van der Waals surface area contributed by atoms with Gasteiger partial charge in [0.15, 0.2) is 5.76 Å². The molecule has 8 heteroatoms. The van der Waals surface area contributed by atoms with Gasteiger partial charge in [-0.15, -0.1) is 0 Å². The van der Waals surface area contributed by atoms with Crippen LogP contribution in [0.4, 0.5) is 0 Å². The molecule has 2 N–H and O–H groups in total. The molecule has 38 heavy (non-hydrogen) atoms. The van der Waals surface area contributed by atoms with Crippen molar-refractivity contribution in [3.05, 3.63) is 113 Å². The van der Waals surface area contributed by atoms with E-state index in [1.807, 2.05) is 36.4 Å². The molecule has 0 bridgehead atoms. The number of aryl methyl sites for hydroxylation is 1. The van der Waals surface area contributed by atoms with Gasteiger partial charge in [0.1, 0.15) is 24.0 Å². The zero-order chi connectivity index (χ0) is 26.6. The smallest absolute Gasteiger partial charge is 0.326 e. The van der Waals surface area contributed by atoms with Crippen molar-refractivity contribution in [2.24, 2.45) is 0 Å². The molecule has 0 saturated heterocycles. The highest BCUT2D eigenvalue weighted by atomic mass is 35.5. The molecule has 1 atom stereocenters. The van der Waals surface area contributed by atoms with Crippen molar-refractivity contribution in [1.29, 1.82) is 0 Å². The van der Waals surface area contributed by atoms with Gasteiger partial charge in [-0.1, -0.05) is 48.0 Å². The summed E-state index contributed by atoms with van der Waals surface area (Å²) in [6.07, 6.45) is 3.29. The number of benzene rings is 3. The molecule has 5 aromatic rings. The molecule has 7 nitrogen and oxygen atoms in total. The Hall–Kier alpha value is -4.49. The van der Waals surface area contributed by atoms with Crippen LogP contribution in [-0.2, 0) is 17.8 Å². The Labute approximate surface area is 223 Å². The third-order valence-corrected chi connectivity index (χ3v) is 6.53. The lowest BCUT2D eigenvalue weighted by Gasteiger charge is -2.14. The van der Waals surface area contributed by atoms with E-state index < -0.39 is 17.9 Å². The number of nitrogens with one attached hydrogen (secondary N) is 1. The zero-order valence-corrected chi connectivity index (χ0v) is 21.2. The number of ether oxygens (including phenoxy) is 1. The first kappa shape index (κ1) is 25.2. The van der Waals surface area contributed by atoms with Gasteiger partial charge in [-0.2, -0.15) is 0 Å². The number of fused-ring (bicyclic) bond motifs is 1. The number of carboxylic acid groups (broad SMARTS) is 1. The number of hydrogen-bond acceptors (Lipinski definition) is 5. The van der Waals surface area contributed by atoms with Crippen LogP contribution in [0.25, 0.3) is 22.1 Å². The fraction of sp³-hybridized carbons (Fsp3) is 0.133. The molecule has 0 aliphatic heterocycles. The first-order chi connectivity index (χ1) is 18.4. The number of hydrogen-bond donors (Lipinski definition) is 2. The lowest BCUT2D eigenvalue weighted by molar-refractivity contribution is -0.139. The largest absolute Gasteiger partial charge is 0.489 e. The SMILES string of the molecule is Cc1c(C(=O)N[C@@H](Cc2ccc(OCc3ccoc3)cc2)C(=O)O)oc2cc(-c3ccc(Cl)cc3)ccc12. The van der Waals surface area contributed by atoms with Gasteiger partial charge in [0.05, 0.1) is 12.5 Å². The second-order valence-corrected chi connectivity index (χ2v) is 9.34. The number of carboxylic acids is 1. The van der Waals surface area contributed by atoms with E-state index in [1.54, 1.807) is 55.8 Å². The molecule has 0 spiro atoms. The van der Waals surface area contributed by atoms with Crippen LogP contribution in [0.3, 0.4) is 0 Å². The maximum Gasteiger partial charge on any atom is 0.326 e. The molecule has 192 valence electrons. The van der Waals surface area contributed by atoms with Gasteiger partial charge in [0.2, 0.25) is 0 Å². The highest BCUT2D eigenvalue weighted by Crippen LogP contribution is 2.30. The number of amides is 1. The van der Waals surface area contributed by atoms with Crippen molar-refractivity contribution in [1.82, 2.24) is 5.32 Å². The topological polar surface area (TPSA) is 102 Å². The molecule has 0 fully saturated rings. The summed E-state index contributed by atoms with van der Waals surface area (Å²) in [7, 11) is 0. The lowest BCUT2D eigenvalue weighted by atomic mass is 10.0. The molecule has 0 unspecified atom stereocenters. The molecule has 2 heterocycles. The van der Waals surface area contributed by atoms with E-state index in [0.29, 0.717) is 28.5 Å². The minimum absolute atomic E-state index is 0.0856. The number of carbonyl (C=O) groups is 2. The first-order valence-corrected chi connectivity index (χ1v) is 12.3. The van der Waals surface area contributed by atoms with Crippen molar-refractivity contribution in [2.45, 2.75) is 26.0 Å². The normalized spacial score (nSPS) is 11.8. The van der Waals surface area contributed by atoms with E-state index in [-0.39, 0.29) is 12.2 Å². The van der Waals surface area contributed by atoms with Crippen molar-refractivity contribution < 1.29 is 28.3 Å². The molecule has 5 rings (SSSR count). The predicted molar refractivity (Wildman–Crippen MR) is 143 cm³/mol. The fourth-order valence-electron chi connectivity index (χ4n) is 4.19. The Morgan fingerprint density at radius 2 is 1.71 bits per heavy atom. The number of furan rings is 2. The monoisotopic (exact) mass is 529 g/mol. The number of halogens is 1. The third kappa shape index (κ3) is 5.58. The zero-order valence-electron chi connectivity index (χ0n) is 20.4. The third-order valence-electron chi connectivity index (χ3n) is 6.27. The summed E-state index contributed by atoms with van der Waals surface area (Å²) in [6, 6.07) is 20.9. The van der Waals surface area contributed by atoms with Gasteiger partial charge in [-0.3, -0.25) is 4.79 Å². The van der Waals surface area contributed by atoms with Gasteiger partial charge in [-0.25, -0.2) is 4.79 Å². The maximum atomic E-state index is 13.1. The van der Waals surface area contributed by atoms with Gasteiger partial charge in [0, 0.05) is 28.0 Å². The van der Waals surface area contributed by atoms with Gasteiger partial charge < -0.3 is 24.0 Å². The van der Waals surface area contributed by atoms with E-state index in [1.165, 1.54) is 0 Å². The highest BCUT2D eigenvalue weighted by Gasteiger charge is 2.25. The van der Waals surface area contributed by atoms with Crippen molar-refractivity contribution in [3.63, 3.8) is 0 Å². The van der Waals surface area contributed by atoms with Crippen LogP contribution in [0.15, 0.2) is 94.2 Å². The minimum atomic E-state index is -1.14. The van der Waals surface area contributed by atoms with E-state index in [0.717, 1.165) is 27.6 Å². The Morgan fingerprint density at radius 3 is 2.39 bits per heavy atom. The van der Waals surface area contributed by atoms with E-state index in [2.05, 4.69) is 5.32 Å². The second-order valence-electron chi connectivity index (χ2n) is 8.91. The molecule has 1 amide bonds. The van der Waals surface area contributed by atoms with Crippen LogP contribution in [0, 0.1) is 6.92 Å². The van der Waals surface area contributed by atoms with Crippen molar-refractivity contribution in [2.75, 3.05) is 0 Å². The van der Waals surface area contributed by atoms with E-state index in [4.69, 9.17) is 25.2 Å². The average molecular weight is 530 g/mol. The molecule has 0 aliphatic carbocycles. The highest BCUT2D eigenvalue weighted by molar-refractivity contribution is 6.30. The fourth-order valence-corrected chi connectivity index (χ4v) is 4.31. The summed E-state index contributed by atoms with van der Waals surface area (Å²) in [5.74, 6) is -0.999. The van der Waals surface area contributed by atoms with E-state index in [9.17, 15) is 14.7 Å². The van der Waals surface area contributed by atoms with Crippen molar-refractivity contribution >= 4 is 34.4 Å². The van der Waals surface area contributed by atoms with Crippen LogP contribution in [0.5, 0.6) is 5.75 Å². The average Bonchev–Trinajstić information content (AvgIpc) is 3.56. The van der Waals surface area contributed by atoms with Crippen LogP contribution >= 0.6 is 11.6 Å². The quantitative estimate of drug-likeness (QED) is 0.221. The van der Waals surface area contributed by atoms with Crippen LogP contribution < -0.4 is 10.1 Å². The summed E-state index contributed by atoms with van der Waals surface area (Å²) >= 11 is 5.99. The molecule has 3 aromatic carbocycles. The molecular formula is C30H24ClNO6. The van der Waals surface area contributed by atoms with Gasteiger partial charge in [-0.05, 0) is 60.0 Å². The molecule has 0 saturated carbocycles. The minimum Gasteiger partial charge on any atom is -0.489 e. The van der Waals surface area contributed by atoms with Crippen LogP contribution in [0.2, 0.25) is 5.02 Å². The molecule has 0 radical (unpaired) electrons. The maximum absolute atomic E-state index is 13.1. The number of carbonyl (C=O) groups excluding carboxylic acids is 1. The summed E-state index contributed by atoms with van der Waals surface area (Å²) in [5.41, 5.74) is 4.70. The summed E-state index contributed by atoms with van der Waals surface area (Å²) in [6.45, 7) is 2.14. The van der Waals surface area contributed by atoms with E-state index >= 15 is 0 Å². The molecule has 2 aromatic heterocycles. The van der Waals surface area contributed by atoms with Crippen LogP contribution in [-0.4, -0.2) is 23.0 Å². The second kappa shape index (κ2) is 10.9. The summed E-state index contributed by atoms with van der Waals surface area (Å²) in [5, 5.41) is 13.8. The van der Waals surface area contributed by atoms with Crippen molar-refractivity contribution in [3.8, 4) is 16.9 Å². The Bertz CT molecular complexity index is 1570. The summed E-state index contributed by atoms with van der Waals surface area (Å²) in [4.78, 5) is 25.0. The lowest BCUT2D eigenvalue weighted by Crippen LogP contribution is -2.42. The number of aliphatic carboxylic acids is 1. The van der Waals surface area contributed by atoms with Gasteiger partial charge >= 0.3 is 5.97 Å². The predicted octanol–water partition coefficient (Wildman–Crippen LogP) is 6.66. The van der Waals surface area contributed by atoms with Gasteiger partial charge in [0.25, 0.3) is 5.91 Å². The first-order valence-electron chi connectivity index (χ1n) is 11.9. The number of rotatable bonds is 9. The molecule has 0 aliphatic rings. The Kier molecular flexibility index (Phi) is 7.20. The molecular weight excluding hydrogens is 506 g/mol. The Balaban J connectivity index is 1.28. The summed E-state index contributed by atoms with van der Waals surface area (Å²) < 4.78 is 16.6.